The number of benzene rings is 1. The molecule has 0 bridgehead atoms. The second-order valence-corrected chi connectivity index (χ2v) is 5.35. The Morgan fingerprint density at radius 2 is 1.91 bits per heavy atom. The molecule has 0 unspecified atom stereocenters. The van der Waals surface area contributed by atoms with Gasteiger partial charge in [-0.2, -0.15) is 0 Å². The summed E-state index contributed by atoms with van der Waals surface area (Å²) >= 11 is 0. The summed E-state index contributed by atoms with van der Waals surface area (Å²) in [7, 11) is 0. The van der Waals surface area contributed by atoms with Crippen molar-refractivity contribution in [2.24, 2.45) is 0 Å². The zero-order valence-electron chi connectivity index (χ0n) is 12.1. The molecule has 114 valence electrons. The lowest BCUT2D eigenvalue weighted by Crippen LogP contribution is -2.18. The van der Waals surface area contributed by atoms with Crippen molar-refractivity contribution in [1.29, 1.82) is 0 Å². The molecule has 0 atom stereocenters. The minimum atomic E-state index is -0.483. The van der Waals surface area contributed by atoms with E-state index in [-0.39, 0.29) is 11.4 Å². The van der Waals surface area contributed by atoms with Gasteiger partial charge in [0.25, 0.3) is 5.91 Å². The summed E-state index contributed by atoms with van der Waals surface area (Å²) in [5.41, 5.74) is 0.280. The second kappa shape index (κ2) is 6.51. The van der Waals surface area contributed by atoms with E-state index in [1.165, 1.54) is 37.4 Å². The van der Waals surface area contributed by atoms with Gasteiger partial charge >= 0.3 is 0 Å². The van der Waals surface area contributed by atoms with Gasteiger partial charge in [-0.25, -0.2) is 14.4 Å². The number of anilines is 2. The predicted octanol–water partition coefficient (Wildman–Crippen LogP) is 3.22. The van der Waals surface area contributed by atoms with E-state index in [1.54, 1.807) is 12.1 Å². The predicted molar refractivity (Wildman–Crippen MR) is 82.3 cm³/mol. The number of para-hydroxylation sites is 1. The highest BCUT2D eigenvalue weighted by Gasteiger charge is 2.16. The minimum absolute atomic E-state index is 0.127. The molecule has 6 heteroatoms. The zero-order valence-corrected chi connectivity index (χ0v) is 12.1. The number of nitrogens with zero attached hydrogens (tertiary/aromatic N) is 2. The maximum Gasteiger partial charge on any atom is 0.275 e. The van der Waals surface area contributed by atoms with Gasteiger partial charge in [-0.05, 0) is 25.0 Å². The fourth-order valence-electron chi connectivity index (χ4n) is 2.55. The molecule has 1 amide bonds. The average Bonchev–Trinajstić information content (AvgIpc) is 3.03. The third-order valence-corrected chi connectivity index (χ3v) is 3.71. The van der Waals surface area contributed by atoms with Gasteiger partial charge in [0.2, 0.25) is 0 Å². The van der Waals surface area contributed by atoms with E-state index < -0.39 is 11.7 Å². The lowest BCUT2D eigenvalue weighted by Gasteiger charge is -2.12. The zero-order chi connectivity index (χ0) is 15.4. The number of carbonyl (C=O) groups is 1. The molecule has 1 aliphatic rings. The van der Waals surface area contributed by atoms with Gasteiger partial charge in [0.1, 0.15) is 17.3 Å². The first kappa shape index (κ1) is 14.4. The summed E-state index contributed by atoms with van der Waals surface area (Å²) in [6.45, 7) is 0. The van der Waals surface area contributed by atoms with Gasteiger partial charge in [0.15, 0.2) is 0 Å². The number of aromatic nitrogens is 2. The van der Waals surface area contributed by atoms with E-state index in [1.807, 2.05) is 0 Å². The van der Waals surface area contributed by atoms with Crippen molar-refractivity contribution in [1.82, 2.24) is 9.97 Å². The van der Waals surface area contributed by atoms with Crippen LogP contribution in [0.2, 0.25) is 0 Å². The lowest BCUT2D eigenvalue weighted by atomic mass is 10.2. The number of nitrogens with one attached hydrogen (secondary N) is 2. The van der Waals surface area contributed by atoms with Crippen molar-refractivity contribution in [2.75, 3.05) is 10.6 Å². The van der Waals surface area contributed by atoms with Crippen LogP contribution in [0.25, 0.3) is 0 Å². The van der Waals surface area contributed by atoms with Gasteiger partial charge in [-0.15, -0.1) is 0 Å². The topological polar surface area (TPSA) is 66.9 Å². The van der Waals surface area contributed by atoms with Gasteiger partial charge in [0, 0.05) is 6.04 Å². The third-order valence-electron chi connectivity index (χ3n) is 3.71. The molecule has 0 spiro atoms. The molecule has 2 aromatic rings. The molecule has 1 aliphatic carbocycles. The van der Waals surface area contributed by atoms with E-state index >= 15 is 0 Å². The number of halogens is 1. The molecule has 3 rings (SSSR count). The molecule has 1 aromatic heterocycles. The highest BCUT2D eigenvalue weighted by molar-refractivity contribution is 6.02. The van der Waals surface area contributed by atoms with Crippen LogP contribution in [0.3, 0.4) is 0 Å². The first-order valence-electron chi connectivity index (χ1n) is 7.37. The van der Waals surface area contributed by atoms with Crippen molar-refractivity contribution in [3.63, 3.8) is 0 Å². The molecular formula is C16H17FN4O. The van der Waals surface area contributed by atoms with Crippen LogP contribution >= 0.6 is 0 Å². The maximum atomic E-state index is 13.5. The monoisotopic (exact) mass is 300 g/mol. The number of amides is 1. The standard InChI is InChI=1S/C16H17FN4O/c17-12-7-3-4-8-13(12)21-16(22)14-9-19-15(10-18-14)20-11-5-1-2-6-11/h3-4,7-11H,1-2,5-6H2,(H,19,20)(H,21,22). The van der Waals surface area contributed by atoms with Crippen LogP contribution < -0.4 is 10.6 Å². The molecular weight excluding hydrogens is 283 g/mol. The van der Waals surface area contributed by atoms with E-state index in [4.69, 9.17) is 0 Å². The third kappa shape index (κ3) is 3.39. The maximum absolute atomic E-state index is 13.5. The molecule has 0 aliphatic heterocycles. The summed E-state index contributed by atoms with van der Waals surface area (Å²) in [4.78, 5) is 20.3. The molecule has 5 nitrogen and oxygen atoms in total. The molecule has 0 radical (unpaired) electrons. The second-order valence-electron chi connectivity index (χ2n) is 5.35. The van der Waals surface area contributed by atoms with Crippen LogP contribution in [-0.2, 0) is 0 Å². The van der Waals surface area contributed by atoms with E-state index in [9.17, 15) is 9.18 Å². The highest BCUT2D eigenvalue weighted by atomic mass is 19.1. The first-order valence-corrected chi connectivity index (χ1v) is 7.37. The summed E-state index contributed by atoms with van der Waals surface area (Å²) in [5, 5.41) is 5.78. The van der Waals surface area contributed by atoms with E-state index in [2.05, 4.69) is 20.6 Å². The Bertz CT molecular complexity index is 653. The molecule has 1 aromatic carbocycles. The molecule has 1 heterocycles. The summed E-state index contributed by atoms with van der Waals surface area (Å²) in [6, 6.07) is 6.44. The fourth-order valence-corrected chi connectivity index (χ4v) is 2.55. The quantitative estimate of drug-likeness (QED) is 0.909. The average molecular weight is 300 g/mol. The van der Waals surface area contributed by atoms with Gasteiger partial charge in [0.05, 0.1) is 18.1 Å². The van der Waals surface area contributed by atoms with Crippen molar-refractivity contribution in [2.45, 2.75) is 31.7 Å². The summed E-state index contributed by atoms with van der Waals surface area (Å²) < 4.78 is 13.5. The molecule has 1 fully saturated rings. The van der Waals surface area contributed by atoms with Crippen LogP contribution in [0.5, 0.6) is 0 Å². The Balaban J connectivity index is 1.64. The van der Waals surface area contributed by atoms with Gasteiger partial charge in [-0.1, -0.05) is 25.0 Å². The molecule has 0 saturated heterocycles. The Morgan fingerprint density at radius 1 is 1.14 bits per heavy atom. The summed E-state index contributed by atoms with van der Waals surface area (Å²) in [5.74, 6) is -0.303. The van der Waals surface area contributed by atoms with E-state index in [0.717, 1.165) is 12.8 Å². The van der Waals surface area contributed by atoms with Crippen molar-refractivity contribution in [3.05, 3.63) is 48.2 Å². The molecule has 22 heavy (non-hydrogen) atoms. The van der Waals surface area contributed by atoms with Crippen LogP contribution in [0.4, 0.5) is 15.9 Å². The minimum Gasteiger partial charge on any atom is -0.366 e. The largest absolute Gasteiger partial charge is 0.366 e. The number of rotatable bonds is 4. The van der Waals surface area contributed by atoms with E-state index in [0.29, 0.717) is 11.9 Å². The van der Waals surface area contributed by atoms with Crippen molar-refractivity contribution < 1.29 is 9.18 Å². The van der Waals surface area contributed by atoms with Gasteiger partial charge in [-0.3, -0.25) is 4.79 Å². The van der Waals surface area contributed by atoms with Crippen LogP contribution in [0, 0.1) is 5.82 Å². The number of hydrogen-bond acceptors (Lipinski definition) is 4. The Morgan fingerprint density at radius 3 is 2.59 bits per heavy atom. The molecule has 2 N–H and O–H groups in total. The number of carbonyl (C=O) groups excluding carboxylic acids is 1. The van der Waals surface area contributed by atoms with Crippen molar-refractivity contribution >= 4 is 17.4 Å². The Labute approximate surface area is 128 Å². The normalized spacial score (nSPS) is 14.8. The first-order chi connectivity index (χ1) is 10.7. The highest BCUT2D eigenvalue weighted by Crippen LogP contribution is 2.21. The van der Waals surface area contributed by atoms with Crippen LogP contribution in [-0.4, -0.2) is 21.9 Å². The van der Waals surface area contributed by atoms with Crippen LogP contribution in [0.15, 0.2) is 36.7 Å². The Kier molecular flexibility index (Phi) is 4.27. The number of hydrogen-bond donors (Lipinski definition) is 2. The fraction of sp³-hybridized carbons (Fsp3) is 0.312. The Hall–Kier alpha value is -2.50. The molecule has 1 saturated carbocycles. The van der Waals surface area contributed by atoms with Crippen LogP contribution in [0.1, 0.15) is 36.2 Å². The summed E-state index contributed by atoms with van der Waals surface area (Å²) in [6.07, 6.45) is 7.67. The van der Waals surface area contributed by atoms with Gasteiger partial charge < -0.3 is 10.6 Å². The van der Waals surface area contributed by atoms with Crippen molar-refractivity contribution in [3.8, 4) is 0 Å². The lowest BCUT2D eigenvalue weighted by molar-refractivity contribution is 0.102. The SMILES string of the molecule is O=C(Nc1ccccc1F)c1cnc(NC2CCCC2)cn1. The smallest absolute Gasteiger partial charge is 0.275 e.